The zero-order valence-electron chi connectivity index (χ0n) is 11.9. The van der Waals surface area contributed by atoms with Crippen LogP contribution in [0.1, 0.15) is 18.1 Å². The number of amides is 1. The van der Waals surface area contributed by atoms with E-state index in [1.54, 1.807) is 12.1 Å². The third-order valence-electron chi connectivity index (χ3n) is 3.10. The van der Waals surface area contributed by atoms with Gasteiger partial charge in [-0.15, -0.1) is 0 Å². The van der Waals surface area contributed by atoms with Gasteiger partial charge < -0.3 is 10.1 Å². The Bertz CT molecular complexity index is 579. The van der Waals surface area contributed by atoms with Gasteiger partial charge >= 0.3 is 0 Å². The van der Waals surface area contributed by atoms with Crippen LogP contribution in [0.25, 0.3) is 0 Å². The van der Waals surface area contributed by atoms with E-state index in [0.717, 1.165) is 12.0 Å². The number of halogens is 1. The largest absolute Gasteiger partial charge is 0.484 e. The second-order valence-corrected chi connectivity index (χ2v) is 5.13. The molecular weight excluding hydrogens is 286 g/mol. The van der Waals surface area contributed by atoms with Crippen LogP contribution in [0.4, 0.5) is 0 Å². The predicted molar refractivity (Wildman–Crippen MR) is 84.6 cm³/mol. The molecule has 2 rings (SSSR count). The van der Waals surface area contributed by atoms with Gasteiger partial charge in [0.2, 0.25) is 0 Å². The Hall–Kier alpha value is -2.00. The molecule has 3 nitrogen and oxygen atoms in total. The minimum absolute atomic E-state index is 0.0130. The molecule has 0 aliphatic heterocycles. The Kier molecular flexibility index (Phi) is 5.64. The first-order valence-electron chi connectivity index (χ1n) is 6.90. The first kappa shape index (κ1) is 15.4. The van der Waals surface area contributed by atoms with Crippen LogP contribution in [-0.4, -0.2) is 12.5 Å². The van der Waals surface area contributed by atoms with Crippen LogP contribution >= 0.6 is 11.6 Å². The maximum Gasteiger partial charge on any atom is 0.258 e. The van der Waals surface area contributed by atoms with Crippen molar-refractivity contribution in [3.8, 4) is 5.75 Å². The normalized spacial score (nSPS) is 10.2. The number of carbonyl (C=O) groups excluding carboxylic acids is 1. The minimum atomic E-state index is -0.149. The summed E-state index contributed by atoms with van der Waals surface area (Å²) in [6, 6.07) is 15.1. The summed E-state index contributed by atoms with van der Waals surface area (Å²) >= 11 is 5.81. The summed E-state index contributed by atoms with van der Waals surface area (Å²) in [6.07, 6.45) is 0.988. The molecule has 0 aliphatic carbocycles. The molecule has 21 heavy (non-hydrogen) atoms. The highest BCUT2D eigenvalue weighted by molar-refractivity contribution is 6.30. The average molecular weight is 304 g/mol. The third kappa shape index (κ3) is 5.12. The number of nitrogens with one attached hydrogen (secondary N) is 1. The average Bonchev–Trinajstić information content (AvgIpc) is 2.53. The van der Waals surface area contributed by atoms with Crippen molar-refractivity contribution in [3.63, 3.8) is 0 Å². The summed E-state index contributed by atoms with van der Waals surface area (Å²) < 4.78 is 5.44. The van der Waals surface area contributed by atoms with Crippen molar-refractivity contribution >= 4 is 17.5 Å². The van der Waals surface area contributed by atoms with E-state index in [1.807, 2.05) is 36.4 Å². The minimum Gasteiger partial charge on any atom is -0.484 e. The molecule has 2 aromatic carbocycles. The molecule has 0 saturated carbocycles. The van der Waals surface area contributed by atoms with Gasteiger partial charge in [0.25, 0.3) is 5.91 Å². The first-order valence-corrected chi connectivity index (χ1v) is 7.28. The molecule has 0 saturated heterocycles. The van der Waals surface area contributed by atoms with Gasteiger partial charge in [-0.25, -0.2) is 0 Å². The lowest BCUT2D eigenvalue weighted by Crippen LogP contribution is -2.28. The van der Waals surface area contributed by atoms with Crippen molar-refractivity contribution in [1.82, 2.24) is 5.32 Å². The van der Waals surface area contributed by atoms with Crippen LogP contribution in [-0.2, 0) is 17.8 Å². The fourth-order valence-electron chi connectivity index (χ4n) is 1.82. The van der Waals surface area contributed by atoms with Crippen LogP contribution in [0.5, 0.6) is 5.75 Å². The number of hydrogen-bond donors (Lipinski definition) is 1. The highest BCUT2D eigenvalue weighted by atomic mass is 35.5. The fraction of sp³-hybridized carbons (Fsp3) is 0.235. The maximum absolute atomic E-state index is 11.7. The van der Waals surface area contributed by atoms with E-state index in [-0.39, 0.29) is 12.5 Å². The number of benzene rings is 2. The van der Waals surface area contributed by atoms with E-state index in [9.17, 15) is 4.79 Å². The van der Waals surface area contributed by atoms with Gasteiger partial charge in [0, 0.05) is 11.6 Å². The van der Waals surface area contributed by atoms with E-state index in [4.69, 9.17) is 16.3 Å². The number of hydrogen-bond acceptors (Lipinski definition) is 2. The van der Waals surface area contributed by atoms with E-state index in [1.165, 1.54) is 5.56 Å². The van der Waals surface area contributed by atoms with Crippen LogP contribution < -0.4 is 10.1 Å². The van der Waals surface area contributed by atoms with Crippen molar-refractivity contribution in [3.05, 3.63) is 64.7 Å². The standard InChI is InChI=1S/C17H18ClNO2/c1-2-13-5-9-16(10-6-13)21-12-17(20)19-11-14-3-7-15(18)8-4-14/h3-10H,2,11-12H2,1H3,(H,19,20). The van der Waals surface area contributed by atoms with Crippen molar-refractivity contribution in [2.24, 2.45) is 0 Å². The van der Waals surface area contributed by atoms with Crippen molar-refractivity contribution < 1.29 is 9.53 Å². The summed E-state index contributed by atoms with van der Waals surface area (Å²) in [4.78, 5) is 11.7. The Morgan fingerprint density at radius 1 is 1.05 bits per heavy atom. The molecule has 0 heterocycles. The van der Waals surface area contributed by atoms with Gasteiger partial charge in [0.05, 0.1) is 0 Å². The van der Waals surface area contributed by atoms with Gasteiger partial charge in [0.15, 0.2) is 6.61 Å². The zero-order chi connectivity index (χ0) is 15.1. The fourth-order valence-corrected chi connectivity index (χ4v) is 1.95. The number of aryl methyl sites for hydroxylation is 1. The Balaban J connectivity index is 1.75. The third-order valence-corrected chi connectivity index (χ3v) is 3.36. The van der Waals surface area contributed by atoms with Gasteiger partial charge in [-0.3, -0.25) is 4.79 Å². The Morgan fingerprint density at radius 3 is 2.29 bits per heavy atom. The van der Waals surface area contributed by atoms with Crippen molar-refractivity contribution in [1.29, 1.82) is 0 Å². The lowest BCUT2D eigenvalue weighted by atomic mass is 10.2. The van der Waals surface area contributed by atoms with E-state index in [2.05, 4.69) is 12.2 Å². The summed E-state index contributed by atoms with van der Waals surface area (Å²) in [5.41, 5.74) is 2.24. The molecule has 0 bridgehead atoms. The monoisotopic (exact) mass is 303 g/mol. The van der Waals surface area contributed by atoms with Crippen LogP contribution in [0.2, 0.25) is 5.02 Å². The maximum atomic E-state index is 11.7. The molecule has 110 valence electrons. The summed E-state index contributed by atoms with van der Waals surface area (Å²) in [5.74, 6) is 0.554. The highest BCUT2D eigenvalue weighted by Crippen LogP contribution is 2.12. The summed E-state index contributed by atoms with van der Waals surface area (Å²) in [6.45, 7) is 2.58. The van der Waals surface area contributed by atoms with Gasteiger partial charge in [0.1, 0.15) is 5.75 Å². The molecule has 0 aliphatic rings. The molecular formula is C17H18ClNO2. The molecule has 0 radical (unpaired) electrons. The van der Waals surface area contributed by atoms with Crippen molar-refractivity contribution in [2.45, 2.75) is 19.9 Å². The van der Waals surface area contributed by atoms with Gasteiger partial charge in [-0.05, 0) is 41.8 Å². The predicted octanol–water partition coefficient (Wildman–Crippen LogP) is 3.60. The molecule has 0 atom stereocenters. The molecule has 4 heteroatoms. The van der Waals surface area contributed by atoms with Crippen LogP contribution in [0.15, 0.2) is 48.5 Å². The topological polar surface area (TPSA) is 38.3 Å². The second kappa shape index (κ2) is 7.70. The summed E-state index contributed by atoms with van der Waals surface area (Å²) in [7, 11) is 0. The molecule has 2 aromatic rings. The highest BCUT2D eigenvalue weighted by Gasteiger charge is 2.03. The van der Waals surface area contributed by atoms with Gasteiger partial charge in [-0.2, -0.15) is 0 Å². The molecule has 0 fully saturated rings. The van der Waals surface area contributed by atoms with E-state index >= 15 is 0 Å². The molecule has 1 N–H and O–H groups in total. The van der Waals surface area contributed by atoms with Crippen LogP contribution in [0.3, 0.4) is 0 Å². The lowest BCUT2D eigenvalue weighted by molar-refractivity contribution is -0.123. The smallest absolute Gasteiger partial charge is 0.258 e. The number of ether oxygens (including phenoxy) is 1. The van der Waals surface area contributed by atoms with E-state index < -0.39 is 0 Å². The Morgan fingerprint density at radius 2 is 1.67 bits per heavy atom. The van der Waals surface area contributed by atoms with E-state index in [0.29, 0.717) is 17.3 Å². The first-order chi connectivity index (χ1) is 10.2. The lowest BCUT2D eigenvalue weighted by Gasteiger charge is -2.08. The SMILES string of the molecule is CCc1ccc(OCC(=O)NCc2ccc(Cl)cc2)cc1. The van der Waals surface area contributed by atoms with Crippen molar-refractivity contribution in [2.75, 3.05) is 6.61 Å². The molecule has 1 amide bonds. The second-order valence-electron chi connectivity index (χ2n) is 4.69. The molecule has 0 aromatic heterocycles. The molecule has 0 spiro atoms. The quantitative estimate of drug-likeness (QED) is 0.885. The zero-order valence-corrected chi connectivity index (χ0v) is 12.7. The number of carbonyl (C=O) groups is 1. The Labute approximate surface area is 129 Å². The van der Waals surface area contributed by atoms with Crippen LogP contribution in [0, 0.1) is 0 Å². The molecule has 0 unspecified atom stereocenters. The summed E-state index contributed by atoms with van der Waals surface area (Å²) in [5, 5.41) is 3.49. The van der Waals surface area contributed by atoms with Gasteiger partial charge in [-0.1, -0.05) is 42.8 Å². The number of rotatable bonds is 6.